The number of nitrogens with zero attached hydrogens (tertiary/aromatic N) is 5. The van der Waals surface area contributed by atoms with Crippen LogP contribution in [-0.4, -0.2) is 84.5 Å². The van der Waals surface area contributed by atoms with Gasteiger partial charge in [0.25, 0.3) is 0 Å². The minimum Gasteiger partial charge on any atom is -0.444 e. The summed E-state index contributed by atoms with van der Waals surface area (Å²) in [7, 11) is 1.91. The van der Waals surface area contributed by atoms with Crippen LogP contribution in [0.1, 0.15) is 36.6 Å². The summed E-state index contributed by atoms with van der Waals surface area (Å²) in [5.74, 6) is 3.58. The SMILES string of the molecule is CN=C(NCC1CCN(Cc2nc(C)c(C)o2)CC1)N1CCC(N2CC=CC2)C1. The summed E-state index contributed by atoms with van der Waals surface area (Å²) in [6.45, 7) is 12.5. The van der Waals surface area contributed by atoms with E-state index >= 15 is 0 Å². The molecule has 4 rings (SSSR count). The van der Waals surface area contributed by atoms with Crippen molar-refractivity contribution in [2.45, 2.75) is 45.7 Å². The molecule has 1 aromatic rings. The van der Waals surface area contributed by atoms with Gasteiger partial charge < -0.3 is 14.6 Å². The van der Waals surface area contributed by atoms with Gasteiger partial charge in [-0.1, -0.05) is 12.2 Å². The predicted octanol–water partition coefficient (Wildman–Crippen LogP) is 2.02. The first-order valence-electron chi connectivity index (χ1n) is 11.1. The molecule has 0 bridgehead atoms. The smallest absolute Gasteiger partial charge is 0.208 e. The normalized spacial score (nSPS) is 24.7. The summed E-state index contributed by atoms with van der Waals surface area (Å²) in [5, 5.41) is 3.66. The maximum atomic E-state index is 5.75. The van der Waals surface area contributed by atoms with Crippen LogP contribution in [0.25, 0.3) is 0 Å². The molecule has 3 aliphatic heterocycles. The van der Waals surface area contributed by atoms with Crippen LogP contribution in [0.5, 0.6) is 0 Å². The van der Waals surface area contributed by atoms with Gasteiger partial charge in [-0.3, -0.25) is 14.8 Å². The van der Waals surface area contributed by atoms with Crippen molar-refractivity contribution in [2.75, 3.05) is 52.9 Å². The number of likely N-dealkylation sites (tertiary alicyclic amines) is 2. The summed E-state index contributed by atoms with van der Waals surface area (Å²) in [6.07, 6.45) is 8.23. The molecule has 1 N–H and O–H groups in total. The molecule has 1 atom stereocenters. The quantitative estimate of drug-likeness (QED) is 0.464. The van der Waals surface area contributed by atoms with E-state index in [2.05, 4.69) is 42.1 Å². The van der Waals surface area contributed by atoms with Crippen molar-refractivity contribution in [3.8, 4) is 0 Å². The summed E-state index contributed by atoms with van der Waals surface area (Å²) in [4.78, 5) is 16.6. The highest BCUT2D eigenvalue weighted by atomic mass is 16.4. The van der Waals surface area contributed by atoms with Gasteiger partial charge in [-0.05, 0) is 52.1 Å². The minimum absolute atomic E-state index is 0.661. The van der Waals surface area contributed by atoms with E-state index in [1.54, 1.807) is 0 Å². The van der Waals surface area contributed by atoms with Crippen LogP contribution in [0, 0.1) is 19.8 Å². The Bertz CT molecular complexity index is 706. The monoisotopic (exact) mass is 400 g/mol. The van der Waals surface area contributed by atoms with E-state index in [0.29, 0.717) is 12.0 Å². The molecule has 4 heterocycles. The third-order valence-corrected chi connectivity index (χ3v) is 6.73. The lowest BCUT2D eigenvalue weighted by Gasteiger charge is -2.32. The van der Waals surface area contributed by atoms with Crippen molar-refractivity contribution in [3.05, 3.63) is 29.5 Å². The van der Waals surface area contributed by atoms with Crippen molar-refractivity contribution in [2.24, 2.45) is 10.9 Å². The molecular weight excluding hydrogens is 364 g/mol. The lowest BCUT2D eigenvalue weighted by molar-refractivity contribution is 0.163. The average molecular weight is 401 g/mol. The molecule has 29 heavy (non-hydrogen) atoms. The molecule has 0 saturated carbocycles. The Labute approximate surface area is 174 Å². The maximum Gasteiger partial charge on any atom is 0.208 e. The predicted molar refractivity (Wildman–Crippen MR) is 116 cm³/mol. The van der Waals surface area contributed by atoms with E-state index in [1.807, 2.05) is 20.9 Å². The summed E-state index contributed by atoms with van der Waals surface area (Å²) in [5.41, 5.74) is 1.01. The Kier molecular flexibility index (Phi) is 6.55. The first kappa shape index (κ1) is 20.4. The molecular formula is C22H36N6O. The maximum absolute atomic E-state index is 5.75. The zero-order chi connectivity index (χ0) is 20.2. The fourth-order valence-electron chi connectivity index (χ4n) is 4.74. The Balaban J connectivity index is 1.18. The van der Waals surface area contributed by atoms with Crippen LogP contribution in [0.15, 0.2) is 21.6 Å². The number of piperidine rings is 1. The van der Waals surface area contributed by atoms with E-state index in [4.69, 9.17) is 4.42 Å². The number of aliphatic imine (C=N–C) groups is 1. The lowest BCUT2D eigenvalue weighted by Crippen LogP contribution is -2.45. The Hall–Kier alpha value is -1.86. The van der Waals surface area contributed by atoms with Gasteiger partial charge in [-0.2, -0.15) is 0 Å². The van der Waals surface area contributed by atoms with Gasteiger partial charge in [-0.25, -0.2) is 4.98 Å². The standard InChI is InChI=1S/C22H36N6O/c1-17-18(2)29-21(25-17)16-26-11-6-19(7-12-26)14-24-22(23-3)28-13-8-20(15-28)27-9-4-5-10-27/h4-5,19-20H,6-16H2,1-3H3,(H,23,24). The minimum atomic E-state index is 0.661. The van der Waals surface area contributed by atoms with E-state index < -0.39 is 0 Å². The first-order valence-corrected chi connectivity index (χ1v) is 11.1. The summed E-state index contributed by atoms with van der Waals surface area (Å²) < 4.78 is 5.75. The Morgan fingerprint density at radius 1 is 1.17 bits per heavy atom. The van der Waals surface area contributed by atoms with Crippen molar-refractivity contribution in [1.29, 1.82) is 0 Å². The third kappa shape index (κ3) is 5.01. The molecule has 1 aromatic heterocycles. The zero-order valence-electron chi connectivity index (χ0n) is 18.2. The fourth-order valence-corrected chi connectivity index (χ4v) is 4.74. The summed E-state index contributed by atoms with van der Waals surface area (Å²) >= 11 is 0. The lowest BCUT2D eigenvalue weighted by atomic mass is 9.97. The molecule has 1 unspecified atom stereocenters. The summed E-state index contributed by atoms with van der Waals surface area (Å²) in [6, 6.07) is 0.661. The molecule has 7 nitrogen and oxygen atoms in total. The van der Waals surface area contributed by atoms with Crippen LogP contribution in [-0.2, 0) is 6.54 Å². The molecule has 0 spiro atoms. The molecule has 0 aromatic carbocycles. The van der Waals surface area contributed by atoms with E-state index in [1.165, 1.54) is 19.3 Å². The second-order valence-electron chi connectivity index (χ2n) is 8.71. The van der Waals surface area contributed by atoms with Crippen molar-refractivity contribution in [3.63, 3.8) is 0 Å². The van der Waals surface area contributed by atoms with E-state index in [9.17, 15) is 0 Å². The highest BCUT2D eigenvalue weighted by Crippen LogP contribution is 2.21. The van der Waals surface area contributed by atoms with Gasteiger partial charge in [0.05, 0.1) is 12.2 Å². The van der Waals surface area contributed by atoms with Crippen molar-refractivity contribution < 1.29 is 4.42 Å². The topological polar surface area (TPSA) is 60.1 Å². The van der Waals surface area contributed by atoms with Gasteiger partial charge >= 0.3 is 0 Å². The molecule has 2 saturated heterocycles. The number of hydrogen-bond acceptors (Lipinski definition) is 5. The molecule has 0 radical (unpaired) electrons. The van der Waals surface area contributed by atoms with Crippen LogP contribution in [0.3, 0.4) is 0 Å². The van der Waals surface area contributed by atoms with E-state index in [0.717, 1.165) is 75.7 Å². The molecule has 0 aliphatic carbocycles. The number of aryl methyl sites for hydroxylation is 2. The number of oxazole rings is 1. The van der Waals surface area contributed by atoms with Gasteiger partial charge in [0, 0.05) is 45.8 Å². The second-order valence-corrected chi connectivity index (χ2v) is 8.71. The third-order valence-electron chi connectivity index (χ3n) is 6.73. The van der Waals surface area contributed by atoms with Crippen LogP contribution < -0.4 is 5.32 Å². The van der Waals surface area contributed by atoms with Gasteiger partial charge in [-0.15, -0.1) is 0 Å². The molecule has 160 valence electrons. The highest BCUT2D eigenvalue weighted by Gasteiger charge is 2.30. The Morgan fingerprint density at radius 2 is 1.93 bits per heavy atom. The zero-order valence-corrected chi connectivity index (χ0v) is 18.2. The van der Waals surface area contributed by atoms with Gasteiger partial charge in [0.1, 0.15) is 5.76 Å². The number of rotatable bonds is 5. The Morgan fingerprint density at radius 3 is 2.59 bits per heavy atom. The van der Waals surface area contributed by atoms with Crippen LogP contribution in [0.2, 0.25) is 0 Å². The molecule has 3 aliphatic rings. The molecule has 2 fully saturated rings. The van der Waals surface area contributed by atoms with Crippen molar-refractivity contribution >= 4 is 5.96 Å². The van der Waals surface area contributed by atoms with Crippen molar-refractivity contribution in [1.82, 2.24) is 25.0 Å². The largest absolute Gasteiger partial charge is 0.444 e. The number of hydrogen-bond donors (Lipinski definition) is 1. The number of aromatic nitrogens is 1. The van der Waals surface area contributed by atoms with Crippen LogP contribution >= 0.6 is 0 Å². The highest BCUT2D eigenvalue weighted by molar-refractivity contribution is 5.80. The first-order chi connectivity index (χ1) is 14.1. The molecule has 7 heteroatoms. The van der Waals surface area contributed by atoms with Crippen LogP contribution in [0.4, 0.5) is 0 Å². The fraction of sp³-hybridized carbons (Fsp3) is 0.727. The van der Waals surface area contributed by atoms with Gasteiger partial charge in [0.2, 0.25) is 5.89 Å². The number of nitrogens with one attached hydrogen (secondary N) is 1. The molecule has 0 amide bonds. The average Bonchev–Trinajstić information content (AvgIpc) is 3.46. The van der Waals surface area contributed by atoms with E-state index in [-0.39, 0.29) is 0 Å². The second kappa shape index (κ2) is 9.30. The van der Waals surface area contributed by atoms with Gasteiger partial charge in [0.15, 0.2) is 5.96 Å². The number of guanidine groups is 1.